The maximum atomic E-state index is 13.2. The third-order valence-corrected chi connectivity index (χ3v) is 6.11. The third-order valence-electron chi connectivity index (χ3n) is 5.87. The quantitative estimate of drug-likeness (QED) is 0.516. The van der Waals surface area contributed by atoms with Crippen LogP contribution in [0.15, 0.2) is 53.3 Å². The summed E-state index contributed by atoms with van der Waals surface area (Å²) < 4.78 is 1.56. The molecule has 2 aromatic carbocycles. The number of hydrogen-bond acceptors (Lipinski definition) is 2. The van der Waals surface area contributed by atoms with E-state index in [9.17, 15) is 9.59 Å². The molecule has 0 spiro atoms. The van der Waals surface area contributed by atoms with Crippen molar-refractivity contribution in [3.8, 4) is 0 Å². The average molecular weight is 406 g/mol. The Hall–Kier alpha value is -3.05. The zero-order chi connectivity index (χ0) is 20.1. The van der Waals surface area contributed by atoms with E-state index >= 15 is 0 Å². The zero-order valence-electron chi connectivity index (χ0n) is 16.0. The minimum atomic E-state index is -0.228. The molecule has 0 bridgehead atoms. The van der Waals surface area contributed by atoms with Gasteiger partial charge in [0.25, 0.3) is 11.5 Å². The first-order chi connectivity index (χ1) is 14.0. The summed E-state index contributed by atoms with van der Waals surface area (Å²) in [5, 5.41) is 5.75. The molecule has 1 aliphatic carbocycles. The molecule has 0 unspecified atom stereocenters. The number of carbonyl (C=O) groups excluding carboxylic acids is 1. The molecule has 0 fully saturated rings. The van der Waals surface area contributed by atoms with Crippen LogP contribution in [0.5, 0.6) is 0 Å². The predicted octanol–water partition coefficient (Wildman–Crippen LogP) is 4.48. The maximum absolute atomic E-state index is 13.2. The van der Waals surface area contributed by atoms with Crippen molar-refractivity contribution in [2.24, 2.45) is 7.05 Å². The molecule has 5 nitrogen and oxygen atoms in total. The Morgan fingerprint density at radius 1 is 1.17 bits per heavy atom. The lowest BCUT2D eigenvalue weighted by molar-refractivity contribution is 0.0933. The number of H-pyrrole nitrogens is 1. The number of aromatic nitrogens is 2. The minimum absolute atomic E-state index is 0.125. The highest BCUT2D eigenvalue weighted by molar-refractivity contribution is 6.31. The van der Waals surface area contributed by atoms with E-state index in [-0.39, 0.29) is 17.5 Å². The molecular formula is C23H20ClN3O2. The summed E-state index contributed by atoms with van der Waals surface area (Å²) in [5.74, 6) is -0.228. The third kappa shape index (κ3) is 2.93. The molecule has 2 heterocycles. The van der Waals surface area contributed by atoms with Crippen molar-refractivity contribution in [1.82, 2.24) is 14.9 Å². The van der Waals surface area contributed by atoms with E-state index in [4.69, 9.17) is 11.6 Å². The average Bonchev–Trinajstić information content (AvgIpc) is 3.09. The second-order valence-electron chi connectivity index (χ2n) is 7.60. The summed E-state index contributed by atoms with van der Waals surface area (Å²) in [4.78, 5) is 29.0. The van der Waals surface area contributed by atoms with Crippen LogP contribution in [0.1, 0.15) is 40.5 Å². The Labute approximate surface area is 172 Å². The molecule has 0 saturated heterocycles. The van der Waals surface area contributed by atoms with Crippen molar-refractivity contribution in [2.45, 2.75) is 25.3 Å². The van der Waals surface area contributed by atoms with Crippen LogP contribution < -0.4 is 10.9 Å². The molecule has 29 heavy (non-hydrogen) atoms. The van der Waals surface area contributed by atoms with E-state index in [0.717, 1.165) is 46.8 Å². The van der Waals surface area contributed by atoms with Crippen molar-refractivity contribution in [2.75, 3.05) is 0 Å². The molecule has 146 valence electrons. The fourth-order valence-corrected chi connectivity index (χ4v) is 4.59. The highest BCUT2D eigenvalue weighted by Crippen LogP contribution is 2.36. The molecule has 1 atom stereocenters. The number of amides is 1. The molecule has 0 radical (unpaired) electrons. The first-order valence-corrected chi connectivity index (χ1v) is 10.1. The normalized spacial score (nSPS) is 16.1. The van der Waals surface area contributed by atoms with Gasteiger partial charge in [-0.1, -0.05) is 29.8 Å². The SMILES string of the molecule is Cn1c(=O)cc(C(=O)N[C@H]2CCCc3c2[nH]c2ccc(Cl)cc32)c2ccccc21. The van der Waals surface area contributed by atoms with Gasteiger partial charge in [-0.2, -0.15) is 0 Å². The smallest absolute Gasteiger partial charge is 0.252 e. The number of fused-ring (bicyclic) bond motifs is 4. The molecular weight excluding hydrogens is 386 g/mol. The fraction of sp³-hybridized carbons (Fsp3) is 0.217. The minimum Gasteiger partial charge on any atom is -0.356 e. The first kappa shape index (κ1) is 18.0. The summed E-state index contributed by atoms with van der Waals surface area (Å²) in [6, 6.07) is 14.6. The molecule has 4 aromatic rings. The van der Waals surface area contributed by atoms with Crippen LogP contribution >= 0.6 is 11.6 Å². The Bertz CT molecular complexity index is 1340. The summed E-state index contributed by atoms with van der Waals surface area (Å²) in [6.45, 7) is 0. The van der Waals surface area contributed by atoms with Gasteiger partial charge in [-0.25, -0.2) is 0 Å². The number of carbonyl (C=O) groups is 1. The molecule has 0 saturated carbocycles. The van der Waals surface area contributed by atoms with Gasteiger partial charge in [0.2, 0.25) is 0 Å². The molecule has 1 amide bonds. The van der Waals surface area contributed by atoms with Crippen LogP contribution in [0.3, 0.4) is 0 Å². The Kier molecular flexibility index (Phi) is 4.21. The fourth-order valence-electron chi connectivity index (χ4n) is 4.41. The Morgan fingerprint density at radius 3 is 2.86 bits per heavy atom. The van der Waals surface area contributed by atoms with Crippen molar-refractivity contribution in [3.05, 3.63) is 80.7 Å². The predicted molar refractivity (Wildman–Crippen MR) is 116 cm³/mol. The molecule has 1 aliphatic rings. The number of pyridine rings is 1. The summed E-state index contributed by atoms with van der Waals surface area (Å²) >= 11 is 6.19. The van der Waals surface area contributed by atoms with Crippen LogP contribution in [0.2, 0.25) is 5.02 Å². The number of halogens is 1. The Morgan fingerprint density at radius 2 is 2.00 bits per heavy atom. The van der Waals surface area contributed by atoms with Crippen molar-refractivity contribution < 1.29 is 4.79 Å². The van der Waals surface area contributed by atoms with Gasteiger partial charge in [-0.15, -0.1) is 0 Å². The van der Waals surface area contributed by atoms with Gasteiger partial charge in [0.05, 0.1) is 17.1 Å². The summed E-state index contributed by atoms with van der Waals surface area (Å²) in [5.41, 5.74) is 4.24. The van der Waals surface area contributed by atoms with Gasteiger partial charge in [-0.3, -0.25) is 9.59 Å². The monoisotopic (exact) mass is 405 g/mol. The van der Waals surface area contributed by atoms with Gasteiger partial charge in [0, 0.05) is 40.1 Å². The summed E-state index contributed by atoms with van der Waals surface area (Å²) in [7, 11) is 1.72. The summed E-state index contributed by atoms with van der Waals surface area (Å²) in [6.07, 6.45) is 2.79. The largest absolute Gasteiger partial charge is 0.356 e. The van der Waals surface area contributed by atoms with Crippen LogP contribution in [-0.2, 0) is 13.5 Å². The second kappa shape index (κ2) is 6.78. The molecule has 0 aliphatic heterocycles. The lowest BCUT2D eigenvalue weighted by Gasteiger charge is -2.24. The number of benzene rings is 2. The number of aryl methyl sites for hydroxylation is 2. The number of aromatic amines is 1. The molecule has 2 N–H and O–H groups in total. The van der Waals surface area contributed by atoms with E-state index < -0.39 is 0 Å². The van der Waals surface area contributed by atoms with Crippen molar-refractivity contribution in [3.63, 3.8) is 0 Å². The second-order valence-corrected chi connectivity index (χ2v) is 8.03. The Balaban J connectivity index is 1.55. The highest BCUT2D eigenvalue weighted by Gasteiger charge is 2.26. The van der Waals surface area contributed by atoms with E-state index in [1.54, 1.807) is 11.6 Å². The standard InChI is InChI=1S/C23H20ClN3O2/c1-27-20-8-3-2-5-14(20)17(12-21(27)28)23(29)26-19-7-4-6-15-16-11-13(24)9-10-18(16)25-22(15)19/h2-3,5,8-12,19,25H,4,6-7H2,1H3,(H,26,29)/t19-/m0/s1. The van der Waals surface area contributed by atoms with E-state index in [2.05, 4.69) is 10.3 Å². The van der Waals surface area contributed by atoms with Gasteiger partial charge < -0.3 is 14.9 Å². The lowest BCUT2D eigenvalue weighted by atomic mass is 9.91. The van der Waals surface area contributed by atoms with E-state index in [0.29, 0.717) is 10.6 Å². The molecule has 2 aromatic heterocycles. The highest BCUT2D eigenvalue weighted by atomic mass is 35.5. The van der Waals surface area contributed by atoms with Gasteiger partial charge in [-0.05, 0) is 49.1 Å². The zero-order valence-corrected chi connectivity index (χ0v) is 16.7. The van der Waals surface area contributed by atoms with E-state index in [1.165, 1.54) is 11.6 Å². The maximum Gasteiger partial charge on any atom is 0.252 e. The van der Waals surface area contributed by atoms with Crippen LogP contribution in [0, 0.1) is 0 Å². The topological polar surface area (TPSA) is 66.9 Å². The molecule has 6 heteroatoms. The first-order valence-electron chi connectivity index (χ1n) is 9.72. The van der Waals surface area contributed by atoms with Gasteiger partial charge in [0.1, 0.15) is 0 Å². The lowest BCUT2D eigenvalue weighted by Crippen LogP contribution is -2.32. The van der Waals surface area contributed by atoms with Gasteiger partial charge >= 0.3 is 0 Å². The van der Waals surface area contributed by atoms with Crippen LogP contribution in [0.4, 0.5) is 0 Å². The van der Waals surface area contributed by atoms with E-state index in [1.807, 2.05) is 42.5 Å². The van der Waals surface area contributed by atoms with Gasteiger partial charge in [0.15, 0.2) is 0 Å². The number of rotatable bonds is 2. The van der Waals surface area contributed by atoms with Crippen molar-refractivity contribution >= 4 is 39.3 Å². The van der Waals surface area contributed by atoms with Crippen LogP contribution in [-0.4, -0.2) is 15.5 Å². The number of hydrogen-bond donors (Lipinski definition) is 2. The van der Waals surface area contributed by atoms with Crippen molar-refractivity contribution in [1.29, 1.82) is 0 Å². The number of nitrogens with zero attached hydrogens (tertiary/aromatic N) is 1. The van der Waals surface area contributed by atoms with Crippen LogP contribution in [0.25, 0.3) is 21.8 Å². The molecule has 5 rings (SSSR count). The number of nitrogens with one attached hydrogen (secondary N) is 2. The number of para-hydroxylation sites is 1.